The van der Waals surface area contributed by atoms with Gasteiger partial charge in [-0.1, -0.05) is 36.4 Å². The average molecular weight is 262 g/mol. The highest BCUT2D eigenvalue weighted by Gasteiger charge is 2.43. The minimum Gasteiger partial charge on any atom is -0.373 e. The number of aryl methyl sites for hydroxylation is 1. The van der Waals surface area contributed by atoms with Crippen LogP contribution in [0.4, 0.5) is 0 Å². The van der Waals surface area contributed by atoms with E-state index < -0.39 is 8.80 Å². The van der Waals surface area contributed by atoms with Crippen molar-refractivity contribution >= 4 is 24.8 Å². The van der Waals surface area contributed by atoms with E-state index in [1.165, 1.54) is 5.39 Å². The molecule has 18 heavy (non-hydrogen) atoms. The number of hydrogen-bond acceptors (Lipinski definition) is 3. The highest BCUT2D eigenvalue weighted by Crippen LogP contribution is 2.19. The lowest BCUT2D eigenvalue weighted by Crippen LogP contribution is -2.56. The molecule has 0 unspecified atom stereocenters. The Balaban J connectivity index is 2.79. The zero-order valence-corrected chi connectivity index (χ0v) is 12.2. The van der Waals surface area contributed by atoms with Gasteiger partial charge in [-0.15, -0.1) is 0 Å². The largest absolute Gasteiger partial charge is 0.537 e. The second kappa shape index (κ2) is 5.20. The van der Waals surface area contributed by atoms with Gasteiger partial charge in [0.05, 0.1) is 0 Å². The molecule has 0 amide bonds. The molecule has 0 atom stereocenters. The third kappa shape index (κ3) is 1.97. The zero-order chi connectivity index (χ0) is 13.2. The first-order valence-electron chi connectivity index (χ1n) is 5.83. The summed E-state index contributed by atoms with van der Waals surface area (Å²) in [4.78, 5) is 0. The van der Waals surface area contributed by atoms with Gasteiger partial charge in [-0.2, -0.15) is 0 Å². The fourth-order valence-corrected chi connectivity index (χ4v) is 4.58. The van der Waals surface area contributed by atoms with Crippen LogP contribution in [0.25, 0.3) is 10.8 Å². The standard InChI is InChI=1S/C14H18O3Si/c1-11-9-10-12-7-5-6-8-13(12)14(11)18(15-2,16-3)17-4/h5-10H,1-4H3. The molecule has 96 valence electrons. The molecule has 3 nitrogen and oxygen atoms in total. The summed E-state index contributed by atoms with van der Waals surface area (Å²) >= 11 is 0. The lowest BCUT2D eigenvalue weighted by Gasteiger charge is -2.27. The van der Waals surface area contributed by atoms with Crippen molar-refractivity contribution in [1.82, 2.24) is 0 Å². The average Bonchev–Trinajstić information content (AvgIpc) is 2.43. The minimum atomic E-state index is -2.80. The summed E-state index contributed by atoms with van der Waals surface area (Å²) in [5.41, 5.74) is 1.13. The first-order chi connectivity index (χ1) is 8.68. The van der Waals surface area contributed by atoms with Crippen molar-refractivity contribution in [2.45, 2.75) is 6.92 Å². The van der Waals surface area contributed by atoms with Crippen LogP contribution in [-0.2, 0) is 13.3 Å². The minimum absolute atomic E-state index is 1.05. The van der Waals surface area contributed by atoms with E-state index in [1.54, 1.807) is 21.3 Å². The van der Waals surface area contributed by atoms with Gasteiger partial charge >= 0.3 is 8.80 Å². The van der Waals surface area contributed by atoms with E-state index in [9.17, 15) is 0 Å². The maximum atomic E-state index is 5.61. The predicted molar refractivity (Wildman–Crippen MR) is 75.1 cm³/mol. The van der Waals surface area contributed by atoms with E-state index in [1.807, 2.05) is 12.1 Å². The maximum absolute atomic E-state index is 5.61. The van der Waals surface area contributed by atoms with Crippen molar-refractivity contribution in [3.8, 4) is 0 Å². The Bertz CT molecular complexity index is 541. The van der Waals surface area contributed by atoms with Gasteiger partial charge in [0.1, 0.15) is 0 Å². The van der Waals surface area contributed by atoms with Crippen LogP contribution in [0.3, 0.4) is 0 Å². The molecule has 0 saturated heterocycles. The molecule has 2 aromatic carbocycles. The molecule has 2 aromatic rings. The zero-order valence-electron chi connectivity index (χ0n) is 11.2. The van der Waals surface area contributed by atoms with Crippen molar-refractivity contribution in [2.75, 3.05) is 21.3 Å². The molecule has 0 spiro atoms. The van der Waals surface area contributed by atoms with Crippen molar-refractivity contribution < 1.29 is 13.3 Å². The van der Waals surface area contributed by atoms with Gasteiger partial charge in [0, 0.05) is 26.5 Å². The van der Waals surface area contributed by atoms with E-state index in [4.69, 9.17) is 13.3 Å². The molecule has 0 fully saturated rings. The van der Waals surface area contributed by atoms with Crippen molar-refractivity contribution in [2.24, 2.45) is 0 Å². The normalized spacial score (nSPS) is 12.0. The van der Waals surface area contributed by atoms with Crippen LogP contribution in [0.15, 0.2) is 36.4 Å². The molecule has 0 saturated carbocycles. The second-order valence-corrected chi connectivity index (χ2v) is 6.98. The summed E-state index contributed by atoms with van der Waals surface area (Å²) in [6, 6.07) is 12.4. The topological polar surface area (TPSA) is 27.7 Å². The van der Waals surface area contributed by atoms with Gasteiger partial charge in [-0.05, 0) is 23.3 Å². The van der Waals surface area contributed by atoms with Crippen LogP contribution in [0.5, 0.6) is 0 Å². The highest BCUT2D eigenvalue weighted by atomic mass is 28.4. The molecule has 0 aliphatic heterocycles. The first-order valence-corrected chi connectivity index (χ1v) is 7.55. The van der Waals surface area contributed by atoms with E-state index in [0.717, 1.165) is 16.1 Å². The summed E-state index contributed by atoms with van der Waals surface area (Å²) in [7, 11) is 2.12. The van der Waals surface area contributed by atoms with Gasteiger partial charge in [-0.3, -0.25) is 0 Å². The fourth-order valence-electron chi connectivity index (χ4n) is 2.34. The predicted octanol–water partition coefficient (Wildman–Crippen LogP) is 2.23. The Morgan fingerprint density at radius 2 is 1.44 bits per heavy atom. The maximum Gasteiger partial charge on any atom is 0.537 e. The quantitative estimate of drug-likeness (QED) is 0.791. The summed E-state index contributed by atoms with van der Waals surface area (Å²) < 4.78 is 16.8. The number of rotatable bonds is 4. The monoisotopic (exact) mass is 262 g/mol. The third-order valence-corrected chi connectivity index (χ3v) is 6.14. The van der Waals surface area contributed by atoms with E-state index >= 15 is 0 Å². The molecule has 0 bridgehead atoms. The van der Waals surface area contributed by atoms with E-state index in [2.05, 4.69) is 31.2 Å². The van der Waals surface area contributed by atoms with Gasteiger partial charge in [0.2, 0.25) is 0 Å². The SMILES string of the molecule is CO[Si](OC)(OC)c1c(C)ccc2ccccc12. The first kappa shape index (κ1) is 13.2. The Morgan fingerprint density at radius 3 is 2.06 bits per heavy atom. The highest BCUT2D eigenvalue weighted by molar-refractivity contribution is 6.78. The van der Waals surface area contributed by atoms with E-state index in [-0.39, 0.29) is 0 Å². The molecule has 0 aliphatic rings. The summed E-state index contributed by atoms with van der Waals surface area (Å²) in [6.07, 6.45) is 0. The summed E-state index contributed by atoms with van der Waals surface area (Å²) in [5.74, 6) is 0. The second-order valence-electron chi connectivity index (χ2n) is 4.15. The third-order valence-electron chi connectivity index (χ3n) is 3.25. The van der Waals surface area contributed by atoms with Crippen LogP contribution in [0.2, 0.25) is 0 Å². The smallest absolute Gasteiger partial charge is 0.373 e. The van der Waals surface area contributed by atoms with Gasteiger partial charge in [0.15, 0.2) is 0 Å². The van der Waals surface area contributed by atoms with Gasteiger partial charge < -0.3 is 13.3 Å². The number of fused-ring (bicyclic) bond motifs is 1. The summed E-state index contributed by atoms with van der Waals surface area (Å²) in [6.45, 7) is 2.06. The molecule has 2 rings (SSSR count). The summed E-state index contributed by atoms with van der Waals surface area (Å²) in [5, 5.41) is 3.35. The lowest BCUT2D eigenvalue weighted by atomic mass is 10.1. The lowest BCUT2D eigenvalue weighted by molar-refractivity contribution is 0.140. The molecule has 4 heteroatoms. The molecule has 0 radical (unpaired) electrons. The number of benzene rings is 2. The van der Waals surface area contributed by atoms with E-state index in [0.29, 0.717) is 0 Å². The van der Waals surface area contributed by atoms with Crippen LogP contribution in [0.1, 0.15) is 5.56 Å². The molecule has 0 aliphatic carbocycles. The van der Waals surface area contributed by atoms with Crippen molar-refractivity contribution in [3.63, 3.8) is 0 Å². The Morgan fingerprint density at radius 1 is 0.833 bits per heavy atom. The van der Waals surface area contributed by atoms with Crippen LogP contribution >= 0.6 is 0 Å². The molecular formula is C14H18O3Si. The van der Waals surface area contributed by atoms with Crippen LogP contribution < -0.4 is 5.19 Å². The molecular weight excluding hydrogens is 244 g/mol. The van der Waals surface area contributed by atoms with Crippen LogP contribution in [-0.4, -0.2) is 30.1 Å². The molecule has 0 N–H and O–H groups in total. The number of hydrogen-bond donors (Lipinski definition) is 0. The Kier molecular flexibility index (Phi) is 3.82. The van der Waals surface area contributed by atoms with Crippen molar-refractivity contribution in [1.29, 1.82) is 0 Å². The van der Waals surface area contributed by atoms with Crippen molar-refractivity contribution in [3.05, 3.63) is 42.0 Å². The molecule has 0 heterocycles. The Labute approximate surface area is 109 Å². The fraction of sp³-hybridized carbons (Fsp3) is 0.286. The van der Waals surface area contributed by atoms with Gasteiger partial charge in [-0.25, -0.2) is 0 Å². The Hall–Kier alpha value is -1.20. The van der Waals surface area contributed by atoms with Crippen LogP contribution in [0, 0.1) is 6.92 Å². The molecule has 0 aromatic heterocycles. The van der Waals surface area contributed by atoms with Gasteiger partial charge in [0.25, 0.3) is 0 Å².